The zero-order chi connectivity index (χ0) is 85.4. The molecule has 3 aromatic heterocycles. The number of unbranched alkanes of at least 4 members (excludes halogenated alkanes) is 4. The van der Waals surface area contributed by atoms with Crippen molar-refractivity contribution in [3.05, 3.63) is 372 Å². The summed E-state index contributed by atoms with van der Waals surface area (Å²) in [5.41, 5.74) is 10.9. The molecule has 14 heteroatoms. The standard InChI is InChI=1S/2C31H39NO.C24H27NO2.C10H15NO.C6H7NO.C6H6NO.CH4.Li/c2*1-2-3-19-29-25-32(21-20-26-13-7-4-8-14-26)30(22-27-15-9-5-10-16-27)24-31(29,33)23-28-17-11-6-12-18-28;1-2-3-14-21-18-25(24(27)16-20-12-8-5-9-13-20)22(17-23(21)26)15-19-10-6-4-7-11-19;1-3-4-5-9-8-11-7-6-10(9)12-2;2*1-8-6-2-4-7-5-3-6;;/h2*4-18,29-30,33H,2-3,19-25H2,1H3;4-13,18,22H,2-3,14-17H2,1H3;6-8H,3-5H2,1-2H3;2-5H,1H3;2,4-5H,1H3;1H4;/q;;;;;-1;;+1/t29-,30+,31+;29-,30-,31-;;;;;;/m10....../s1. The third-order valence-corrected chi connectivity index (χ3v) is 23.5. The zero-order valence-electron chi connectivity index (χ0n) is 74.0. The number of pyridine rings is 3. The van der Waals surface area contributed by atoms with Gasteiger partial charge in [-0.3, -0.25) is 29.4 Å². The van der Waals surface area contributed by atoms with Gasteiger partial charge in [-0.1, -0.05) is 329 Å². The van der Waals surface area contributed by atoms with Crippen LogP contribution in [-0.2, 0) is 67.4 Å². The first-order valence-corrected chi connectivity index (χ1v) is 44.3. The molecule has 2 N–H and O–H groups in total. The number of piperidine rings is 2. The van der Waals surface area contributed by atoms with E-state index in [9.17, 15) is 19.8 Å². The second-order valence-electron chi connectivity index (χ2n) is 32.4. The Kier molecular flexibility index (Phi) is 46.1. The number of rotatable bonds is 33. The van der Waals surface area contributed by atoms with Crippen LogP contribution in [0.25, 0.3) is 0 Å². The molecular weight excluding hydrogens is 1510 g/mol. The fraction of sp³-hybridized carbons (Fsp3) is 0.385. The van der Waals surface area contributed by atoms with Crippen molar-refractivity contribution < 1.29 is 52.9 Å². The summed E-state index contributed by atoms with van der Waals surface area (Å²) in [5.74, 6) is 3.39. The normalized spacial score (nSPS) is 18.4. The van der Waals surface area contributed by atoms with Crippen molar-refractivity contribution in [2.24, 2.45) is 11.8 Å². The Morgan fingerprint density at radius 1 is 0.439 bits per heavy atom. The third kappa shape index (κ3) is 34.9. The summed E-state index contributed by atoms with van der Waals surface area (Å²) in [5, 5.41) is 24.3. The SMILES string of the molecule is C.CCCCC1=CN(C(=O)Cc2ccccc2)C(Cc2ccccc2)CC1=O.CCCC[C@@H]1CN(CCc2ccccc2)[C@@H](Cc2ccccc2)C[C@@]1(O)Cc1ccccc1.CCCC[C@H]1CN(CCc2ccccc2)[C@@H](Cc2ccccc2)C[C@@]1(O)Cc1ccccc1.CCCCc1cnccc1OC.COc1[c-]cncc1.COc1ccncc1.[Li+]. The molecule has 646 valence electrons. The number of benzene rings is 8. The van der Waals surface area contributed by atoms with Gasteiger partial charge in [-0.2, -0.15) is 12.1 Å². The molecular formula is C109H137LiN6O7. The van der Waals surface area contributed by atoms with E-state index in [1.165, 1.54) is 77.5 Å². The van der Waals surface area contributed by atoms with E-state index < -0.39 is 11.2 Å². The number of carbonyl (C=O) groups is 2. The van der Waals surface area contributed by atoms with Crippen LogP contribution in [-0.4, -0.2) is 128 Å². The zero-order valence-corrected chi connectivity index (χ0v) is 74.0. The van der Waals surface area contributed by atoms with Crippen LogP contribution in [0.1, 0.15) is 175 Å². The van der Waals surface area contributed by atoms with Crippen LogP contribution in [0, 0.1) is 17.9 Å². The van der Waals surface area contributed by atoms with E-state index in [1.54, 1.807) is 70.5 Å². The number of likely N-dealkylation sites (tertiary alicyclic amines) is 2. The van der Waals surface area contributed by atoms with Crippen molar-refractivity contribution >= 4 is 11.7 Å². The number of hydrogen-bond donors (Lipinski definition) is 2. The monoisotopic (exact) mass is 1650 g/mol. The number of aryl methyl sites for hydroxylation is 1. The van der Waals surface area contributed by atoms with Gasteiger partial charge in [-0.15, -0.1) is 0 Å². The summed E-state index contributed by atoms with van der Waals surface area (Å²) in [4.78, 5) is 44.5. The molecule has 0 spiro atoms. The van der Waals surface area contributed by atoms with E-state index in [4.69, 9.17) is 14.2 Å². The molecule has 14 rings (SSSR count). The molecule has 123 heavy (non-hydrogen) atoms. The first kappa shape index (κ1) is 100. The van der Waals surface area contributed by atoms with Crippen molar-refractivity contribution in [1.29, 1.82) is 0 Å². The molecule has 2 fully saturated rings. The van der Waals surface area contributed by atoms with Gasteiger partial charge in [0.05, 0.1) is 39.0 Å². The minimum atomic E-state index is -0.654. The van der Waals surface area contributed by atoms with E-state index in [-0.39, 0.29) is 44.0 Å². The fourth-order valence-corrected chi connectivity index (χ4v) is 16.7. The largest absolute Gasteiger partial charge is 1.00 e. The van der Waals surface area contributed by atoms with Crippen molar-refractivity contribution in [2.45, 2.75) is 212 Å². The Balaban J connectivity index is 0.000000218. The molecule has 7 atom stereocenters. The number of amides is 1. The minimum Gasteiger partial charge on any atom is -0.535 e. The second kappa shape index (κ2) is 56.6. The Morgan fingerprint density at radius 3 is 1.21 bits per heavy atom. The van der Waals surface area contributed by atoms with Gasteiger partial charge in [-0.25, -0.2) is 0 Å². The number of ketones is 1. The number of hydrogen-bond acceptors (Lipinski definition) is 12. The summed E-state index contributed by atoms with van der Waals surface area (Å²) >= 11 is 0. The van der Waals surface area contributed by atoms with Crippen LogP contribution in [0.5, 0.6) is 17.2 Å². The van der Waals surface area contributed by atoms with Crippen LogP contribution < -0.4 is 33.1 Å². The molecule has 2 saturated heterocycles. The Morgan fingerprint density at radius 2 is 0.829 bits per heavy atom. The quantitative estimate of drug-likeness (QED) is 0.0298. The molecule has 3 aliphatic heterocycles. The molecule has 0 aliphatic carbocycles. The molecule has 1 amide bonds. The smallest absolute Gasteiger partial charge is 0.535 e. The second-order valence-corrected chi connectivity index (χ2v) is 32.4. The maximum Gasteiger partial charge on any atom is 1.00 e. The van der Waals surface area contributed by atoms with Crippen molar-refractivity contribution in [3.8, 4) is 17.2 Å². The van der Waals surface area contributed by atoms with Crippen LogP contribution in [0.3, 0.4) is 0 Å². The number of methoxy groups -OCH3 is 3. The van der Waals surface area contributed by atoms with Gasteiger partial charge in [0.2, 0.25) is 5.91 Å². The van der Waals surface area contributed by atoms with E-state index in [1.807, 2.05) is 71.9 Å². The minimum absolute atomic E-state index is 0. The van der Waals surface area contributed by atoms with E-state index in [2.05, 4.69) is 253 Å². The predicted molar refractivity (Wildman–Crippen MR) is 501 cm³/mol. The van der Waals surface area contributed by atoms with E-state index >= 15 is 0 Å². The molecule has 0 radical (unpaired) electrons. The van der Waals surface area contributed by atoms with Gasteiger partial charge in [0.25, 0.3) is 0 Å². The molecule has 0 bridgehead atoms. The van der Waals surface area contributed by atoms with Gasteiger partial charge in [0.15, 0.2) is 5.78 Å². The number of allylic oxidation sites excluding steroid dienone is 1. The predicted octanol–water partition coefficient (Wildman–Crippen LogP) is 19.4. The van der Waals surface area contributed by atoms with Crippen molar-refractivity contribution in [3.63, 3.8) is 0 Å². The summed E-state index contributed by atoms with van der Waals surface area (Å²) in [6.07, 6.45) is 34.0. The van der Waals surface area contributed by atoms with E-state index in [0.717, 1.165) is 150 Å². The first-order chi connectivity index (χ1) is 59.2. The molecule has 1 unspecified atom stereocenters. The van der Waals surface area contributed by atoms with Gasteiger partial charge >= 0.3 is 18.9 Å². The number of ether oxygens (including phenoxy) is 3. The molecule has 13 nitrogen and oxygen atoms in total. The Hall–Kier alpha value is -10.1. The third-order valence-electron chi connectivity index (χ3n) is 23.5. The molecule has 6 heterocycles. The number of nitrogens with zero attached hydrogens (tertiary/aromatic N) is 6. The number of aromatic nitrogens is 3. The molecule has 11 aromatic rings. The fourth-order valence-electron chi connectivity index (χ4n) is 16.7. The van der Waals surface area contributed by atoms with E-state index in [0.29, 0.717) is 43.2 Å². The average Bonchev–Trinajstić information content (AvgIpc) is 0.782. The molecule has 8 aromatic carbocycles. The first-order valence-electron chi connectivity index (χ1n) is 44.3. The number of Topliss-reactive ketones (excluding diaryl/α,β-unsaturated/α-hetero) is 1. The van der Waals surface area contributed by atoms with Gasteiger partial charge in [-0.05, 0) is 152 Å². The van der Waals surface area contributed by atoms with Crippen LogP contribution in [0.4, 0.5) is 0 Å². The Labute approximate surface area is 750 Å². The summed E-state index contributed by atoms with van der Waals surface area (Å²) in [7, 11) is 4.94. The maximum absolute atomic E-state index is 13.1. The van der Waals surface area contributed by atoms with Gasteiger partial charge in [0.1, 0.15) is 11.5 Å². The summed E-state index contributed by atoms with van der Waals surface area (Å²) in [6.45, 7) is 12.9. The van der Waals surface area contributed by atoms with Crippen molar-refractivity contribution in [1.82, 2.24) is 29.7 Å². The number of carbonyl (C=O) groups excluding carboxylic acids is 2. The summed E-state index contributed by atoms with van der Waals surface area (Å²) in [6, 6.07) is 95.0. The topological polar surface area (TPSA) is 151 Å². The number of aliphatic hydroxyl groups is 2. The maximum atomic E-state index is 13.1. The summed E-state index contributed by atoms with van der Waals surface area (Å²) < 4.78 is 14.9. The van der Waals surface area contributed by atoms with Gasteiger partial charge < -0.3 is 34.3 Å². The molecule has 3 aliphatic rings. The van der Waals surface area contributed by atoms with Crippen LogP contribution in [0.15, 0.2) is 316 Å². The van der Waals surface area contributed by atoms with Gasteiger partial charge in [0, 0.05) is 118 Å². The Bertz CT molecular complexity index is 4410. The van der Waals surface area contributed by atoms with Crippen LogP contribution >= 0.6 is 0 Å². The van der Waals surface area contributed by atoms with Crippen molar-refractivity contribution in [2.75, 3.05) is 47.5 Å². The molecule has 0 saturated carbocycles. The van der Waals surface area contributed by atoms with Crippen LogP contribution in [0.2, 0.25) is 0 Å². The average molecular weight is 1650 g/mol.